The van der Waals surface area contributed by atoms with Crippen molar-refractivity contribution in [3.05, 3.63) is 65.9 Å². The maximum absolute atomic E-state index is 12.3. The average molecular weight is 421 g/mol. The smallest absolute Gasteiger partial charge is 0.287 e. The number of rotatable bonds is 8. The van der Waals surface area contributed by atoms with E-state index >= 15 is 0 Å². The van der Waals surface area contributed by atoms with Gasteiger partial charge in [-0.15, -0.1) is 0 Å². The maximum atomic E-state index is 12.3. The van der Waals surface area contributed by atoms with Gasteiger partial charge >= 0.3 is 0 Å². The van der Waals surface area contributed by atoms with Gasteiger partial charge in [-0.25, -0.2) is 13.4 Å². The van der Waals surface area contributed by atoms with Crippen molar-refractivity contribution >= 4 is 33.4 Å². The summed E-state index contributed by atoms with van der Waals surface area (Å²) < 4.78 is 32.9. The van der Waals surface area contributed by atoms with Gasteiger partial charge in [-0.1, -0.05) is 30.0 Å². The number of para-hydroxylation sites is 1. The predicted octanol–water partition coefficient (Wildman–Crippen LogP) is 2.61. The number of nitrogens with one attached hydrogen (secondary N) is 2. The summed E-state index contributed by atoms with van der Waals surface area (Å²) in [6.45, 7) is 0.162. The first-order valence-corrected chi connectivity index (χ1v) is 11.2. The highest BCUT2D eigenvalue weighted by Crippen LogP contribution is 2.22. The largest absolute Gasteiger partial charge is 0.455 e. The molecule has 1 aromatic carbocycles. The second-order valence-electron chi connectivity index (χ2n) is 6.09. The van der Waals surface area contributed by atoms with Crippen molar-refractivity contribution in [2.75, 3.05) is 11.0 Å². The normalized spacial score (nSPS) is 11.4. The van der Waals surface area contributed by atoms with Gasteiger partial charge < -0.3 is 14.3 Å². The standard InChI is InChI=1S/C18H20N4O4S2/c1-22-10-9-19-18(22)27-12-14-7-8-16(26-14)17(23)20-11-13-5-3-4-6-15(13)21-28(2,24)25/h3-10,21H,11-12H2,1-2H3,(H,20,23). The molecule has 1 amide bonds. The average Bonchev–Trinajstić information content (AvgIpc) is 3.26. The first-order valence-electron chi connectivity index (χ1n) is 8.34. The predicted molar refractivity (Wildman–Crippen MR) is 108 cm³/mol. The lowest BCUT2D eigenvalue weighted by Crippen LogP contribution is -2.23. The Balaban J connectivity index is 1.59. The number of anilines is 1. The van der Waals surface area contributed by atoms with Gasteiger partial charge in [0, 0.05) is 26.0 Å². The third-order valence-electron chi connectivity index (χ3n) is 3.76. The van der Waals surface area contributed by atoms with E-state index in [0.29, 0.717) is 22.8 Å². The van der Waals surface area contributed by atoms with E-state index in [1.54, 1.807) is 42.6 Å². The van der Waals surface area contributed by atoms with E-state index in [1.807, 2.05) is 17.8 Å². The lowest BCUT2D eigenvalue weighted by molar-refractivity contribution is 0.0922. The Bertz CT molecular complexity index is 1070. The molecule has 0 unspecified atom stereocenters. The Morgan fingerprint density at radius 3 is 2.75 bits per heavy atom. The Morgan fingerprint density at radius 2 is 2.04 bits per heavy atom. The fourth-order valence-electron chi connectivity index (χ4n) is 2.44. The van der Waals surface area contributed by atoms with Crippen molar-refractivity contribution < 1.29 is 17.6 Å². The molecule has 28 heavy (non-hydrogen) atoms. The highest BCUT2D eigenvalue weighted by molar-refractivity contribution is 7.98. The van der Waals surface area contributed by atoms with Crippen molar-refractivity contribution in [3.8, 4) is 0 Å². The lowest BCUT2D eigenvalue weighted by atomic mass is 10.2. The van der Waals surface area contributed by atoms with Crippen molar-refractivity contribution in [1.82, 2.24) is 14.9 Å². The van der Waals surface area contributed by atoms with E-state index in [4.69, 9.17) is 4.42 Å². The summed E-state index contributed by atoms with van der Waals surface area (Å²) in [4.78, 5) is 16.6. The van der Waals surface area contributed by atoms with Gasteiger partial charge in [0.15, 0.2) is 10.9 Å². The maximum Gasteiger partial charge on any atom is 0.287 e. The van der Waals surface area contributed by atoms with Gasteiger partial charge in [0.25, 0.3) is 5.91 Å². The van der Waals surface area contributed by atoms with Crippen LogP contribution in [-0.2, 0) is 29.4 Å². The molecule has 0 spiro atoms. The molecule has 0 aliphatic rings. The molecule has 0 saturated carbocycles. The summed E-state index contributed by atoms with van der Waals surface area (Å²) in [6, 6.07) is 10.2. The summed E-state index contributed by atoms with van der Waals surface area (Å²) in [6.07, 6.45) is 4.66. The van der Waals surface area contributed by atoms with Crippen molar-refractivity contribution in [1.29, 1.82) is 0 Å². The summed E-state index contributed by atoms with van der Waals surface area (Å²) in [5.74, 6) is 1.04. The van der Waals surface area contributed by atoms with Gasteiger partial charge in [-0.2, -0.15) is 0 Å². The zero-order valence-electron chi connectivity index (χ0n) is 15.4. The summed E-state index contributed by atoms with van der Waals surface area (Å²) in [5, 5.41) is 3.60. The minimum absolute atomic E-state index is 0.162. The Labute approximate surface area is 167 Å². The van der Waals surface area contributed by atoms with E-state index < -0.39 is 10.0 Å². The number of imidazole rings is 1. The molecular weight excluding hydrogens is 400 g/mol. The van der Waals surface area contributed by atoms with Gasteiger partial charge in [0.2, 0.25) is 10.0 Å². The van der Waals surface area contributed by atoms with Crippen LogP contribution in [0.2, 0.25) is 0 Å². The van der Waals surface area contributed by atoms with E-state index in [0.717, 1.165) is 11.4 Å². The molecule has 0 aliphatic carbocycles. The summed E-state index contributed by atoms with van der Waals surface area (Å²) >= 11 is 1.51. The van der Waals surface area contributed by atoms with E-state index in [-0.39, 0.29) is 18.2 Å². The number of nitrogens with zero attached hydrogens (tertiary/aromatic N) is 2. The van der Waals surface area contributed by atoms with Crippen LogP contribution in [0.4, 0.5) is 5.69 Å². The van der Waals surface area contributed by atoms with Crippen LogP contribution in [0.15, 0.2) is 58.4 Å². The van der Waals surface area contributed by atoms with Gasteiger partial charge in [0.1, 0.15) is 5.76 Å². The zero-order chi connectivity index (χ0) is 20.1. The number of amides is 1. The number of aryl methyl sites for hydroxylation is 1. The highest BCUT2D eigenvalue weighted by Gasteiger charge is 2.13. The molecule has 0 atom stereocenters. The molecule has 3 aromatic rings. The number of benzene rings is 1. The minimum Gasteiger partial charge on any atom is -0.455 e. The van der Waals surface area contributed by atoms with Gasteiger partial charge in [-0.05, 0) is 23.8 Å². The van der Waals surface area contributed by atoms with Gasteiger partial charge in [-0.3, -0.25) is 9.52 Å². The van der Waals surface area contributed by atoms with E-state index in [2.05, 4.69) is 15.0 Å². The molecule has 0 fully saturated rings. The molecule has 0 radical (unpaired) electrons. The molecule has 3 rings (SSSR count). The zero-order valence-corrected chi connectivity index (χ0v) is 17.0. The second kappa shape index (κ2) is 8.53. The quantitative estimate of drug-likeness (QED) is 0.543. The number of furan rings is 1. The van der Waals surface area contributed by atoms with Crippen molar-refractivity contribution in [3.63, 3.8) is 0 Å². The third-order valence-corrected chi connectivity index (χ3v) is 5.43. The summed E-state index contributed by atoms with van der Waals surface area (Å²) in [7, 11) is -1.50. The molecule has 0 saturated heterocycles. The van der Waals surface area contributed by atoms with Crippen LogP contribution >= 0.6 is 11.8 Å². The minimum atomic E-state index is -3.41. The fraction of sp³-hybridized carbons (Fsp3) is 0.222. The number of sulfonamides is 1. The molecule has 10 heteroatoms. The number of hydrogen-bond acceptors (Lipinski definition) is 6. The molecular formula is C18H20N4O4S2. The number of aromatic nitrogens is 2. The van der Waals surface area contributed by atoms with Crippen molar-refractivity contribution in [2.24, 2.45) is 7.05 Å². The first kappa shape index (κ1) is 20.0. The van der Waals surface area contributed by atoms with E-state index in [9.17, 15) is 13.2 Å². The topological polar surface area (TPSA) is 106 Å². The SMILES string of the molecule is Cn1ccnc1SCc1ccc(C(=O)NCc2ccccc2NS(C)(=O)=O)o1. The second-order valence-corrected chi connectivity index (χ2v) is 8.78. The molecule has 148 valence electrons. The molecule has 0 bridgehead atoms. The van der Waals surface area contributed by atoms with Crippen molar-refractivity contribution in [2.45, 2.75) is 17.5 Å². The van der Waals surface area contributed by atoms with Crippen LogP contribution in [0.3, 0.4) is 0 Å². The first-order chi connectivity index (χ1) is 13.3. The molecule has 8 nitrogen and oxygen atoms in total. The number of carbonyl (C=O) groups is 1. The molecule has 0 aliphatic heterocycles. The number of hydrogen-bond donors (Lipinski definition) is 2. The highest BCUT2D eigenvalue weighted by atomic mass is 32.2. The van der Waals surface area contributed by atoms with Crippen LogP contribution in [-0.4, -0.2) is 30.1 Å². The van der Waals surface area contributed by atoms with E-state index in [1.165, 1.54) is 11.8 Å². The van der Waals surface area contributed by atoms with Crippen LogP contribution in [0.5, 0.6) is 0 Å². The monoisotopic (exact) mass is 420 g/mol. The molecule has 2 heterocycles. The Morgan fingerprint density at radius 1 is 1.25 bits per heavy atom. The Kier molecular flexibility index (Phi) is 6.10. The van der Waals surface area contributed by atoms with Crippen LogP contribution in [0, 0.1) is 0 Å². The molecule has 2 aromatic heterocycles. The van der Waals surface area contributed by atoms with Crippen LogP contribution < -0.4 is 10.0 Å². The third kappa shape index (κ3) is 5.40. The molecule has 2 N–H and O–H groups in total. The van der Waals surface area contributed by atoms with Crippen LogP contribution in [0.1, 0.15) is 21.9 Å². The van der Waals surface area contributed by atoms with Gasteiger partial charge in [0.05, 0.1) is 17.7 Å². The Hall–Kier alpha value is -2.72. The van der Waals surface area contributed by atoms with Crippen LogP contribution in [0.25, 0.3) is 0 Å². The summed E-state index contributed by atoms with van der Waals surface area (Å²) in [5.41, 5.74) is 1.08. The lowest BCUT2D eigenvalue weighted by Gasteiger charge is -2.11. The number of thioether (sulfide) groups is 1. The fourth-order valence-corrected chi connectivity index (χ4v) is 3.87. The number of carbonyl (C=O) groups excluding carboxylic acids is 1.